The molecule has 0 aliphatic carbocycles. The molecule has 0 saturated carbocycles. The molecule has 0 fully saturated rings. The highest BCUT2D eigenvalue weighted by molar-refractivity contribution is 5.54. The van der Waals surface area contributed by atoms with E-state index in [1.54, 1.807) is 7.05 Å². The van der Waals surface area contributed by atoms with Crippen LogP contribution in [0, 0.1) is 0 Å². The maximum atomic E-state index is 10.1. The lowest BCUT2D eigenvalue weighted by molar-refractivity contribution is -0.107. The Morgan fingerprint density at radius 3 is 3.09 bits per heavy atom. The first-order valence-corrected chi connectivity index (χ1v) is 3.44. The second kappa shape index (κ2) is 3.71. The van der Waals surface area contributed by atoms with Crippen molar-refractivity contribution in [2.24, 2.45) is 0 Å². The molecule has 1 aromatic rings. The summed E-state index contributed by atoms with van der Waals surface area (Å²) in [6, 6.07) is 5.56. The average molecular weight is 150 g/mol. The van der Waals surface area contributed by atoms with E-state index in [9.17, 15) is 4.79 Å². The summed E-state index contributed by atoms with van der Waals surface area (Å²) in [4.78, 5) is 14.3. The summed E-state index contributed by atoms with van der Waals surface area (Å²) in [5, 5.41) is 2.90. The van der Waals surface area contributed by atoms with Crippen LogP contribution in [0.1, 0.15) is 5.69 Å². The fourth-order valence-electron chi connectivity index (χ4n) is 0.818. The zero-order chi connectivity index (χ0) is 8.10. The van der Waals surface area contributed by atoms with Crippen LogP contribution in [0.2, 0.25) is 0 Å². The van der Waals surface area contributed by atoms with Crippen molar-refractivity contribution in [1.29, 1.82) is 0 Å². The third-order valence-corrected chi connectivity index (χ3v) is 1.36. The van der Waals surface area contributed by atoms with Gasteiger partial charge >= 0.3 is 0 Å². The highest BCUT2D eigenvalue weighted by Gasteiger charge is 1.93. The smallest absolute Gasteiger partial charge is 0.125 e. The summed E-state index contributed by atoms with van der Waals surface area (Å²) in [5.41, 5.74) is 0.798. The van der Waals surface area contributed by atoms with Crippen LogP contribution in [0.15, 0.2) is 18.2 Å². The number of nitrogens with zero attached hydrogens (tertiary/aromatic N) is 1. The molecular weight excluding hydrogens is 140 g/mol. The van der Waals surface area contributed by atoms with E-state index in [0.29, 0.717) is 6.42 Å². The Morgan fingerprint density at radius 1 is 1.64 bits per heavy atom. The van der Waals surface area contributed by atoms with Crippen molar-refractivity contribution < 1.29 is 4.79 Å². The Labute approximate surface area is 65.5 Å². The van der Waals surface area contributed by atoms with E-state index in [4.69, 9.17) is 0 Å². The highest BCUT2D eigenvalue weighted by Crippen LogP contribution is 2.02. The molecule has 11 heavy (non-hydrogen) atoms. The number of carbonyl (C=O) groups excluding carboxylic acids is 1. The molecule has 3 nitrogen and oxygen atoms in total. The van der Waals surface area contributed by atoms with Gasteiger partial charge in [-0.2, -0.15) is 0 Å². The zero-order valence-corrected chi connectivity index (χ0v) is 6.37. The monoisotopic (exact) mass is 150 g/mol. The number of hydrogen-bond acceptors (Lipinski definition) is 3. The van der Waals surface area contributed by atoms with E-state index < -0.39 is 0 Å². The highest BCUT2D eigenvalue weighted by atomic mass is 16.1. The minimum absolute atomic E-state index is 0.384. The van der Waals surface area contributed by atoms with E-state index in [1.807, 2.05) is 18.2 Å². The molecule has 0 aliphatic heterocycles. The molecule has 0 saturated heterocycles. The molecule has 0 aromatic carbocycles. The van der Waals surface area contributed by atoms with E-state index in [2.05, 4.69) is 10.3 Å². The van der Waals surface area contributed by atoms with Gasteiger partial charge in [-0.15, -0.1) is 0 Å². The first kappa shape index (κ1) is 7.72. The summed E-state index contributed by atoms with van der Waals surface area (Å²) in [6.07, 6.45) is 1.23. The Bertz CT molecular complexity index is 248. The van der Waals surface area contributed by atoms with Crippen molar-refractivity contribution in [3.05, 3.63) is 23.9 Å². The summed E-state index contributed by atoms with van der Waals surface area (Å²) >= 11 is 0. The molecule has 0 aliphatic rings. The Hall–Kier alpha value is -1.38. The predicted octanol–water partition coefficient (Wildman–Crippen LogP) is 0.865. The van der Waals surface area contributed by atoms with E-state index in [1.165, 1.54) is 0 Å². The molecule has 0 radical (unpaired) electrons. The number of hydrogen-bond donors (Lipinski definition) is 1. The molecule has 0 unspecified atom stereocenters. The Kier molecular flexibility index (Phi) is 2.60. The van der Waals surface area contributed by atoms with Crippen molar-refractivity contribution in [3.8, 4) is 0 Å². The van der Waals surface area contributed by atoms with Crippen molar-refractivity contribution in [2.75, 3.05) is 12.4 Å². The molecule has 58 valence electrons. The van der Waals surface area contributed by atoms with Crippen LogP contribution < -0.4 is 5.32 Å². The fourth-order valence-corrected chi connectivity index (χ4v) is 0.818. The molecule has 0 amide bonds. The topological polar surface area (TPSA) is 42.0 Å². The van der Waals surface area contributed by atoms with Gasteiger partial charge in [-0.25, -0.2) is 4.98 Å². The van der Waals surface area contributed by atoms with Crippen molar-refractivity contribution in [1.82, 2.24) is 4.98 Å². The van der Waals surface area contributed by atoms with E-state index in [0.717, 1.165) is 17.8 Å². The van der Waals surface area contributed by atoms with Gasteiger partial charge < -0.3 is 10.1 Å². The molecule has 1 N–H and O–H groups in total. The summed E-state index contributed by atoms with van der Waals surface area (Å²) in [7, 11) is 1.80. The summed E-state index contributed by atoms with van der Waals surface area (Å²) in [5.74, 6) is 0.796. The van der Waals surface area contributed by atoms with Gasteiger partial charge in [0.05, 0.1) is 0 Å². The number of aldehydes is 1. The van der Waals surface area contributed by atoms with Crippen molar-refractivity contribution in [3.63, 3.8) is 0 Å². The van der Waals surface area contributed by atoms with Crippen LogP contribution in [-0.4, -0.2) is 18.3 Å². The molecule has 1 rings (SSSR count). The number of aromatic nitrogens is 1. The largest absolute Gasteiger partial charge is 0.373 e. The minimum atomic E-state index is 0.384. The van der Waals surface area contributed by atoms with Gasteiger partial charge in [-0.05, 0) is 12.1 Å². The summed E-state index contributed by atoms with van der Waals surface area (Å²) < 4.78 is 0. The fraction of sp³-hybridized carbons (Fsp3) is 0.250. The SMILES string of the molecule is CNc1cccc(CC=O)n1. The van der Waals surface area contributed by atoms with Gasteiger partial charge in [0.2, 0.25) is 0 Å². The molecule has 0 spiro atoms. The zero-order valence-electron chi connectivity index (χ0n) is 6.37. The molecule has 1 aromatic heterocycles. The molecule has 0 atom stereocenters. The van der Waals surface area contributed by atoms with E-state index >= 15 is 0 Å². The average Bonchev–Trinajstić information content (AvgIpc) is 2.06. The first-order chi connectivity index (χ1) is 5.36. The van der Waals surface area contributed by atoms with Crippen LogP contribution in [-0.2, 0) is 11.2 Å². The third-order valence-electron chi connectivity index (χ3n) is 1.36. The Balaban J connectivity index is 2.82. The molecule has 0 bridgehead atoms. The van der Waals surface area contributed by atoms with Gasteiger partial charge in [-0.3, -0.25) is 0 Å². The number of rotatable bonds is 3. The second-order valence-corrected chi connectivity index (χ2v) is 2.13. The number of nitrogens with one attached hydrogen (secondary N) is 1. The van der Waals surface area contributed by atoms with Gasteiger partial charge in [0.15, 0.2) is 0 Å². The van der Waals surface area contributed by atoms with Gasteiger partial charge in [0.25, 0.3) is 0 Å². The molecule has 1 heterocycles. The predicted molar refractivity (Wildman–Crippen MR) is 43.6 cm³/mol. The second-order valence-electron chi connectivity index (χ2n) is 2.13. The van der Waals surface area contributed by atoms with Crippen LogP contribution in [0.25, 0.3) is 0 Å². The molecule has 3 heteroatoms. The normalized spacial score (nSPS) is 9.18. The quantitative estimate of drug-likeness (QED) is 0.650. The first-order valence-electron chi connectivity index (χ1n) is 3.44. The molecular formula is C8H10N2O. The maximum Gasteiger partial charge on any atom is 0.125 e. The van der Waals surface area contributed by atoms with Gasteiger partial charge in [-0.1, -0.05) is 6.07 Å². The van der Waals surface area contributed by atoms with Gasteiger partial charge in [0.1, 0.15) is 12.1 Å². The van der Waals surface area contributed by atoms with Crippen LogP contribution in [0.4, 0.5) is 5.82 Å². The number of pyridine rings is 1. The van der Waals surface area contributed by atoms with Crippen molar-refractivity contribution in [2.45, 2.75) is 6.42 Å². The van der Waals surface area contributed by atoms with Crippen LogP contribution in [0.3, 0.4) is 0 Å². The Morgan fingerprint density at radius 2 is 2.45 bits per heavy atom. The lowest BCUT2D eigenvalue weighted by atomic mass is 10.3. The standard InChI is InChI=1S/C8H10N2O/c1-9-8-4-2-3-7(10-8)5-6-11/h2-4,6H,5H2,1H3,(H,9,10). The third kappa shape index (κ3) is 2.04. The summed E-state index contributed by atoms with van der Waals surface area (Å²) in [6.45, 7) is 0. The lowest BCUT2D eigenvalue weighted by Crippen LogP contribution is -1.96. The van der Waals surface area contributed by atoms with Gasteiger partial charge in [0, 0.05) is 19.2 Å². The maximum absolute atomic E-state index is 10.1. The van der Waals surface area contributed by atoms with Crippen LogP contribution in [0.5, 0.6) is 0 Å². The van der Waals surface area contributed by atoms with E-state index in [-0.39, 0.29) is 0 Å². The minimum Gasteiger partial charge on any atom is -0.373 e. The van der Waals surface area contributed by atoms with Crippen LogP contribution >= 0.6 is 0 Å². The number of carbonyl (C=O) groups is 1. The number of anilines is 1. The lowest BCUT2D eigenvalue weighted by Gasteiger charge is -1.99. The van der Waals surface area contributed by atoms with Crippen molar-refractivity contribution >= 4 is 12.1 Å².